The molecule has 1 heterocycles. The van der Waals surface area contributed by atoms with Crippen molar-refractivity contribution in [3.05, 3.63) is 34.1 Å². The van der Waals surface area contributed by atoms with Crippen LogP contribution in [0.4, 0.5) is 13.2 Å². The molecular weight excluding hydrogens is 315 g/mol. The molecule has 1 aromatic carbocycles. The van der Waals surface area contributed by atoms with Gasteiger partial charge in [-0.15, -0.1) is 10.2 Å². The Morgan fingerprint density at radius 1 is 1.28 bits per heavy atom. The molecule has 0 aliphatic heterocycles. The summed E-state index contributed by atoms with van der Waals surface area (Å²) in [5, 5.41) is 7.09. The van der Waals surface area contributed by atoms with Crippen molar-refractivity contribution in [1.29, 1.82) is 0 Å². The number of halogens is 4. The molecule has 0 atom stereocenters. The lowest BCUT2D eigenvalue weighted by Crippen LogP contribution is -2.07. The zero-order valence-corrected chi connectivity index (χ0v) is 10.4. The fourth-order valence-corrected chi connectivity index (χ4v) is 1.74. The zero-order valence-electron chi connectivity index (χ0n) is 8.83. The molecule has 0 radical (unpaired) electrons. The third-order valence-electron chi connectivity index (χ3n) is 2.16. The average molecular weight is 322 g/mol. The molecule has 8 heteroatoms. The second kappa shape index (κ2) is 4.69. The minimum Gasteiger partial charge on any atom is -0.419 e. The van der Waals surface area contributed by atoms with E-state index in [2.05, 4.69) is 26.1 Å². The Labute approximate surface area is 108 Å². The van der Waals surface area contributed by atoms with Gasteiger partial charge in [0.1, 0.15) is 0 Å². The normalized spacial score (nSPS) is 11.8. The maximum atomic E-state index is 12.9. The van der Waals surface area contributed by atoms with Crippen LogP contribution in [0, 0.1) is 0 Å². The minimum atomic E-state index is -4.50. The van der Waals surface area contributed by atoms with Gasteiger partial charge >= 0.3 is 6.18 Å². The van der Waals surface area contributed by atoms with E-state index in [1.54, 1.807) is 0 Å². The molecule has 0 saturated carbocycles. The van der Waals surface area contributed by atoms with Crippen molar-refractivity contribution in [2.75, 3.05) is 0 Å². The predicted octanol–water partition coefficient (Wildman–Crippen LogP) is 2.98. The summed E-state index contributed by atoms with van der Waals surface area (Å²) in [5.41, 5.74) is 4.25. The Kier molecular flexibility index (Phi) is 3.40. The van der Waals surface area contributed by atoms with E-state index in [4.69, 9.17) is 10.2 Å². The summed E-state index contributed by atoms with van der Waals surface area (Å²) in [6, 6.07) is 3.69. The first-order chi connectivity index (χ1) is 8.41. The van der Waals surface area contributed by atoms with Crippen LogP contribution in [0.15, 0.2) is 27.1 Å². The highest BCUT2D eigenvalue weighted by Gasteiger charge is 2.35. The fraction of sp³-hybridized carbons (Fsp3) is 0.200. The lowest BCUT2D eigenvalue weighted by molar-refractivity contribution is -0.137. The molecule has 0 spiro atoms. The summed E-state index contributed by atoms with van der Waals surface area (Å²) in [6.07, 6.45) is -4.50. The number of rotatable bonds is 2. The maximum Gasteiger partial charge on any atom is 0.417 e. The van der Waals surface area contributed by atoms with Crippen molar-refractivity contribution in [2.45, 2.75) is 12.7 Å². The zero-order chi connectivity index (χ0) is 13.3. The molecule has 0 unspecified atom stereocenters. The van der Waals surface area contributed by atoms with Crippen molar-refractivity contribution in [3.63, 3.8) is 0 Å². The number of alkyl halides is 3. The first-order valence-corrected chi connectivity index (χ1v) is 5.60. The largest absolute Gasteiger partial charge is 0.419 e. The molecule has 2 N–H and O–H groups in total. The van der Waals surface area contributed by atoms with E-state index in [0.29, 0.717) is 4.47 Å². The van der Waals surface area contributed by atoms with Gasteiger partial charge in [-0.2, -0.15) is 13.2 Å². The lowest BCUT2D eigenvalue weighted by Gasteiger charge is -2.10. The molecule has 0 aliphatic rings. The van der Waals surface area contributed by atoms with Crippen LogP contribution >= 0.6 is 15.9 Å². The molecule has 0 saturated heterocycles. The molecular formula is C10H7BrF3N3O. The van der Waals surface area contributed by atoms with Crippen LogP contribution in [0.2, 0.25) is 0 Å². The lowest BCUT2D eigenvalue weighted by atomic mass is 10.1. The van der Waals surface area contributed by atoms with Gasteiger partial charge in [-0.1, -0.05) is 15.9 Å². The van der Waals surface area contributed by atoms with Gasteiger partial charge in [0, 0.05) is 4.47 Å². The van der Waals surface area contributed by atoms with E-state index < -0.39 is 11.7 Å². The first kappa shape index (κ1) is 13.0. The van der Waals surface area contributed by atoms with E-state index in [0.717, 1.165) is 6.07 Å². The molecule has 0 bridgehead atoms. The molecule has 2 aromatic rings. The molecule has 2 rings (SSSR count). The molecule has 1 aromatic heterocycles. The topological polar surface area (TPSA) is 64.9 Å². The summed E-state index contributed by atoms with van der Waals surface area (Å²) < 4.78 is 44.0. The Balaban J connectivity index is 2.56. The number of hydrogen-bond acceptors (Lipinski definition) is 4. The average Bonchev–Trinajstić information content (AvgIpc) is 2.76. The Morgan fingerprint density at radius 2 is 2.00 bits per heavy atom. The van der Waals surface area contributed by atoms with Gasteiger partial charge in [0.2, 0.25) is 11.8 Å². The predicted molar refractivity (Wildman–Crippen MR) is 60.3 cm³/mol. The van der Waals surface area contributed by atoms with E-state index >= 15 is 0 Å². The van der Waals surface area contributed by atoms with Crippen LogP contribution in [-0.2, 0) is 12.7 Å². The van der Waals surface area contributed by atoms with Crippen molar-refractivity contribution >= 4 is 15.9 Å². The number of nitrogens with two attached hydrogens (primary N) is 1. The van der Waals surface area contributed by atoms with Gasteiger partial charge in [0.25, 0.3) is 0 Å². The monoisotopic (exact) mass is 321 g/mol. The van der Waals surface area contributed by atoms with Crippen molar-refractivity contribution in [1.82, 2.24) is 10.2 Å². The summed E-state index contributed by atoms with van der Waals surface area (Å²) in [7, 11) is 0. The maximum absolute atomic E-state index is 12.9. The Bertz CT molecular complexity index is 568. The number of aromatic nitrogens is 2. The van der Waals surface area contributed by atoms with Gasteiger partial charge in [0.15, 0.2) is 0 Å². The van der Waals surface area contributed by atoms with Crippen molar-refractivity contribution < 1.29 is 17.6 Å². The smallest absolute Gasteiger partial charge is 0.417 e. The van der Waals surface area contributed by atoms with Crippen molar-refractivity contribution in [3.8, 4) is 11.5 Å². The number of hydrogen-bond donors (Lipinski definition) is 1. The summed E-state index contributed by atoms with van der Waals surface area (Å²) >= 11 is 2.99. The molecule has 0 fully saturated rings. The first-order valence-electron chi connectivity index (χ1n) is 4.81. The summed E-state index contributed by atoms with van der Waals surface area (Å²) in [4.78, 5) is 0. The van der Waals surface area contributed by atoms with Crippen molar-refractivity contribution in [2.24, 2.45) is 5.73 Å². The Hall–Kier alpha value is -1.41. The second-order valence-corrected chi connectivity index (χ2v) is 4.31. The van der Waals surface area contributed by atoms with Gasteiger partial charge in [-0.3, -0.25) is 0 Å². The van der Waals surface area contributed by atoms with Gasteiger partial charge < -0.3 is 10.2 Å². The third-order valence-corrected chi connectivity index (χ3v) is 2.65. The minimum absolute atomic E-state index is 0.0229. The van der Waals surface area contributed by atoms with Gasteiger partial charge in [-0.05, 0) is 18.2 Å². The number of benzene rings is 1. The van der Waals surface area contributed by atoms with Crippen LogP contribution < -0.4 is 5.73 Å². The van der Waals surface area contributed by atoms with Gasteiger partial charge in [-0.25, -0.2) is 0 Å². The number of nitrogens with zero attached hydrogens (tertiary/aromatic N) is 2. The fourth-order valence-electron chi connectivity index (χ4n) is 1.38. The van der Waals surface area contributed by atoms with Crippen LogP contribution in [0.25, 0.3) is 11.5 Å². The molecule has 4 nitrogen and oxygen atoms in total. The molecule has 0 amide bonds. The second-order valence-electron chi connectivity index (χ2n) is 3.39. The van der Waals surface area contributed by atoms with E-state index in [9.17, 15) is 13.2 Å². The van der Waals surface area contributed by atoms with Crippen LogP contribution in [-0.4, -0.2) is 10.2 Å². The highest BCUT2D eigenvalue weighted by Crippen LogP contribution is 2.38. The summed E-state index contributed by atoms with van der Waals surface area (Å²) in [5.74, 6) is -0.115. The van der Waals surface area contributed by atoms with E-state index in [1.165, 1.54) is 12.1 Å². The summed E-state index contributed by atoms with van der Waals surface area (Å²) in [6.45, 7) is -0.0229. The highest BCUT2D eigenvalue weighted by atomic mass is 79.9. The molecule has 96 valence electrons. The Morgan fingerprint density at radius 3 is 2.56 bits per heavy atom. The third kappa shape index (κ3) is 2.54. The molecule has 0 aliphatic carbocycles. The SMILES string of the molecule is NCc1nnc(-c2ccc(Br)cc2C(F)(F)F)o1. The van der Waals surface area contributed by atoms with Crippen LogP contribution in [0.3, 0.4) is 0 Å². The molecule has 18 heavy (non-hydrogen) atoms. The van der Waals surface area contributed by atoms with Gasteiger partial charge in [0.05, 0.1) is 17.7 Å². The van der Waals surface area contributed by atoms with E-state index in [1.807, 2.05) is 0 Å². The standard InChI is InChI=1S/C10H7BrF3N3O/c11-5-1-2-6(7(3-5)10(12,13)14)9-17-16-8(4-15)18-9/h1-3H,4,15H2. The van der Waals surface area contributed by atoms with Crippen LogP contribution in [0.5, 0.6) is 0 Å². The highest BCUT2D eigenvalue weighted by molar-refractivity contribution is 9.10. The van der Waals surface area contributed by atoms with E-state index in [-0.39, 0.29) is 23.9 Å². The van der Waals surface area contributed by atoms with Crippen LogP contribution in [0.1, 0.15) is 11.5 Å². The quantitative estimate of drug-likeness (QED) is 0.923.